The maximum atomic E-state index is 9.15. The molecule has 5 aromatic rings. The highest BCUT2D eigenvalue weighted by atomic mass is 16.5. The Labute approximate surface area is 185 Å². The van der Waals surface area contributed by atoms with Gasteiger partial charge < -0.3 is 9.30 Å². The van der Waals surface area contributed by atoms with Crippen LogP contribution in [0.25, 0.3) is 10.8 Å². The van der Waals surface area contributed by atoms with Crippen molar-refractivity contribution in [1.29, 1.82) is 5.41 Å². The molecule has 4 aromatic carbocycles. The van der Waals surface area contributed by atoms with Crippen molar-refractivity contribution < 1.29 is 4.74 Å². The molecule has 6 rings (SSSR count). The lowest BCUT2D eigenvalue weighted by Crippen LogP contribution is -2.30. The number of hydrogen-bond acceptors (Lipinski definition) is 3. The van der Waals surface area contributed by atoms with Crippen molar-refractivity contribution in [3.8, 4) is 11.6 Å². The number of nitrogens with one attached hydrogen (secondary N) is 1. The van der Waals surface area contributed by atoms with Crippen LogP contribution in [0.5, 0.6) is 11.6 Å². The normalized spacial score (nSPS) is 14.4. The van der Waals surface area contributed by atoms with Crippen LogP contribution in [0, 0.1) is 5.41 Å². The molecule has 1 aliphatic rings. The Morgan fingerprint density at radius 3 is 2.31 bits per heavy atom. The Balaban J connectivity index is 1.61. The molecule has 2 heterocycles. The third-order valence-corrected chi connectivity index (χ3v) is 6.13. The van der Waals surface area contributed by atoms with Gasteiger partial charge in [-0.05, 0) is 28.0 Å². The van der Waals surface area contributed by atoms with Crippen molar-refractivity contribution in [3.63, 3.8) is 0 Å². The van der Waals surface area contributed by atoms with Gasteiger partial charge in [-0.15, -0.1) is 0 Å². The van der Waals surface area contributed by atoms with Crippen LogP contribution < -0.4 is 10.2 Å². The number of hydrogen-bond donors (Lipinski definition) is 1. The predicted octanol–water partition coefficient (Wildman–Crippen LogP) is 5.85. The van der Waals surface area contributed by atoms with E-state index in [9.17, 15) is 0 Å². The van der Waals surface area contributed by atoms with E-state index in [1.807, 2.05) is 47.0 Å². The van der Waals surface area contributed by atoms with Crippen LogP contribution in [0.2, 0.25) is 0 Å². The van der Waals surface area contributed by atoms with Crippen molar-refractivity contribution >= 4 is 10.8 Å². The molecular weight excluding hydrogens is 394 g/mol. The average Bonchev–Trinajstić information content (AvgIpc) is 2.85. The standard InChI is InChI=1S/C28H21N3O/c29-27-26-24(21-12-5-2-6-13-21)25-22-14-8-7-11-20(22)15-16-23(25)32-28(26)30-18-31(27)17-19-9-3-1-4-10-19/h1-16,18,24,29H,17H2/t24-/m1/s1. The summed E-state index contributed by atoms with van der Waals surface area (Å²) in [6, 6.07) is 33.0. The first-order valence-corrected chi connectivity index (χ1v) is 10.7. The number of rotatable bonds is 3. The zero-order valence-corrected chi connectivity index (χ0v) is 17.4. The van der Waals surface area contributed by atoms with Gasteiger partial charge in [0.15, 0.2) is 0 Å². The minimum Gasteiger partial charge on any atom is -0.438 e. The van der Waals surface area contributed by atoms with Crippen LogP contribution >= 0.6 is 0 Å². The summed E-state index contributed by atoms with van der Waals surface area (Å²) < 4.78 is 8.17. The monoisotopic (exact) mass is 415 g/mol. The fraction of sp³-hybridized carbons (Fsp3) is 0.0714. The van der Waals surface area contributed by atoms with Crippen LogP contribution in [0.15, 0.2) is 103 Å². The third kappa shape index (κ3) is 3.00. The average molecular weight is 415 g/mol. The van der Waals surface area contributed by atoms with Crippen LogP contribution in [-0.4, -0.2) is 9.55 Å². The van der Waals surface area contributed by atoms with Gasteiger partial charge in [0.1, 0.15) is 17.6 Å². The van der Waals surface area contributed by atoms with Crippen molar-refractivity contribution in [2.75, 3.05) is 0 Å². The summed E-state index contributed by atoms with van der Waals surface area (Å²) in [5.74, 6) is 1.18. The molecule has 0 unspecified atom stereocenters. The van der Waals surface area contributed by atoms with Crippen LogP contribution in [0.1, 0.15) is 28.2 Å². The third-order valence-electron chi connectivity index (χ3n) is 6.13. The fourth-order valence-corrected chi connectivity index (χ4v) is 4.64. The molecular formula is C28H21N3O. The van der Waals surface area contributed by atoms with E-state index in [1.54, 1.807) is 6.33 Å². The molecule has 0 saturated heterocycles. The summed E-state index contributed by atoms with van der Waals surface area (Å²) >= 11 is 0. The molecule has 1 aromatic heterocycles. The first-order valence-electron chi connectivity index (χ1n) is 10.7. The molecule has 1 N–H and O–H groups in total. The number of nitrogens with zero attached hydrogens (tertiary/aromatic N) is 2. The van der Waals surface area contributed by atoms with E-state index < -0.39 is 0 Å². The van der Waals surface area contributed by atoms with Gasteiger partial charge in [0.05, 0.1) is 12.1 Å². The Morgan fingerprint density at radius 2 is 1.50 bits per heavy atom. The highest BCUT2D eigenvalue weighted by Gasteiger charge is 2.33. The molecule has 4 nitrogen and oxygen atoms in total. The van der Waals surface area contributed by atoms with E-state index in [4.69, 9.17) is 10.1 Å². The van der Waals surface area contributed by atoms with Crippen LogP contribution in [-0.2, 0) is 6.54 Å². The van der Waals surface area contributed by atoms with E-state index in [0.29, 0.717) is 17.9 Å². The van der Waals surface area contributed by atoms with Crippen molar-refractivity contribution in [1.82, 2.24) is 9.55 Å². The summed E-state index contributed by atoms with van der Waals surface area (Å²) in [5.41, 5.74) is 4.58. The summed E-state index contributed by atoms with van der Waals surface area (Å²) in [6.07, 6.45) is 1.71. The van der Waals surface area contributed by atoms with E-state index in [-0.39, 0.29) is 5.92 Å². The molecule has 1 aliphatic heterocycles. The summed E-state index contributed by atoms with van der Waals surface area (Å²) in [4.78, 5) is 4.65. The zero-order chi connectivity index (χ0) is 21.5. The summed E-state index contributed by atoms with van der Waals surface area (Å²) in [5, 5.41) is 11.4. The van der Waals surface area contributed by atoms with Gasteiger partial charge >= 0.3 is 0 Å². The Kier molecular flexibility index (Phi) is 4.36. The summed E-state index contributed by atoms with van der Waals surface area (Å²) in [7, 11) is 0. The lowest BCUT2D eigenvalue weighted by molar-refractivity contribution is 0.425. The first-order chi connectivity index (χ1) is 15.8. The van der Waals surface area contributed by atoms with E-state index in [2.05, 4.69) is 59.6 Å². The first kappa shape index (κ1) is 18.6. The van der Waals surface area contributed by atoms with Gasteiger partial charge in [0.2, 0.25) is 5.88 Å². The molecule has 0 radical (unpaired) electrons. The zero-order valence-electron chi connectivity index (χ0n) is 17.4. The van der Waals surface area contributed by atoms with Gasteiger partial charge in [-0.25, -0.2) is 4.98 Å². The van der Waals surface area contributed by atoms with Crippen molar-refractivity contribution in [2.24, 2.45) is 0 Å². The molecule has 32 heavy (non-hydrogen) atoms. The van der Waals surface area contributed by atoms with Gasteiger partial charge in [-0.1, -0.05) is 91.0 Å². The van der Waals surface area contributed by atoms with E-state index >= 15 is 0 Å². The minimum absolute atomic E-state index is 0.135. The molecule has 154 valence electrons. The smallest absolute Gasteiger partial charge is 0.228 e. The quantitative estimate of drug-likeness (QED) is 0.394. The van der Waals surface area contributed by atoms with Crippen molar-refractivity contribution in [3.05, 3.63) is 131 Å². The van der Waals surface area contributed by atoms with Crippen LogP contribution in [0.3, 0.4) is 0 Å². The Morgan fingerprint density at radius 1 is 0.781 bits per heavy atom. The predicted molar refractivity (Wildman–Crippen MR) is 125 cm³/mol. The second kappa shape index (κ2) is 7.50. The fourth-order valence-electron chi connectivity index (χ4n) is 4.64. The lowest BCUT2D eigenvalue weighted by atomic mass is 9.81. The Bertz CT molecular complexity index is 1490. The molecule has 0 spiro atoms. The SMILES string of the molecule is N=c1c2c(ncn1Cc1ccccc1)Oc1ccc3ccccc3c1[C@H]2c1ccccc1. The van der Waals surface area contributed by atoms with Crippen LogP contribution in [0.4, 0.5) is 0 Å². The van der Waals surface area contributed by atoms with E-state index in [1.165, 1.54) is 0 Å². The number of ether oxygens (including phenoxy) is 1. The second-order valence-electron chi connectivity index (χ2n) is 8.07. The van der Waals surface area contributed by atoms with Gasteiger partial charge in [0.25, 0.3) is 0 Å². The van der Waals surface area contributed by atoms with Gasteiger partial charge in [-0.3, -0.25) is 5.41 Å². The maximum Gasteiger partial charge on any atom is 0.228 e. The highest BCUT2D eigenvalue weighted by Crippen LogP contribution is 2.47. The number of benzene rings is 4. The van der Waals surface area contributed by atoms with E-state index in [0.717, 1.165) is 38.8 Å². The topological polar surface area (TPSA) is 50.9 Å². The summed E-state index contributed by atoms with van der Waals surface area (Å²) in [6.45, 7) is 0.587. The maximum absolute atomic E-state index is 9.15. The molecule has 1 atom stereocenters. The van der Waals surface area contributed by atoms with Gasteiger partial charge in [-0.2, -0.15) is 0 Å². The molecule has 0 aliphatic carbocycles. The molecule has 4 heteroatoms. The molecule has 0 bridgehead atoms. The molecule has 0 saturated carbocycles. The molecule has 0 amide bonds. The number of aromatic nitrogens is 2. The Hall–Kier alpha value is -4.18. The molecule has 0 fully saturated rings. The minimum atomic E-state index is -0.135. The highest BCUT2D eigenvalue weighted by molar-refractivity contribution is 5.90. The second-order valence-corrected chi connectivity index (χ2v) is 8.07. The van der Waals surface area contributed by atoms with Crippen molar-refractivity contribution in [2.45, 2.75) is 12.5 Å². The van der Waals surface area contributed by atoms with Gasteiger partial charge in [0, 0.05) is 11.5 Å². The largest absolute Gasteiger partial charge is 0.438 e. The lowest BCUT2D eigenvalue weighted by Gasteiger charge is -2.29. The number of fused-ring (bicyclic) bond motifs is 4.